The standard InChI is InChI=1S/C19H20N6O2/c1-26-18-17-15(13-2-3-16-20-7-9-24(16)12-13)4-8-25(17)23-19(22-18)21-14-5-10-27-11-6-14/h2-4,7-9,12,14H,5-6,10-11H2,1H3,(H,21,23). The normalized spacial score (nSPS) is 15.4. The second kappa shape index (κ2) is 6.55. The summed E-state index contributed by atoms with van der Waals surface area (Å²) < 4.78 is 14.8. The number of ether oxygens (including phenoxy) is 2. The fourth-order valence-electron chi connectivity index (χ4n) is 3.53. The Kier molecular flexibility index (Phi) is 3.90. The SMILES string of the molecule is COc1nc(NC2CCOCC2)nn2ccc(-c3ccc4nccn4c3)c12. The van der Waals surface area contributed by atoms with Gasteiger partial charge in [-0.3, -0.25) is 0 Å². The largest absolute Gasteiger partial charge is 0.479 e. The number of hydrogen-bond donors (Lipinski definition) is 1. The van der Waals surface area contributed by atoms with Crippen LogP contribution in [-0.2, 0) is 4.74 Å². The average Bonchev–Trinajstić information content (AvgIpc) is 3.34. The molecule has 0 spiro atoms. The molecule has 4 aromatic rings. The minimum Gasteiger partial charge on any atom is -0.479 e. The quantitative estimate of drug-likeness (QED) is 0.600. The molecule has 0 unspecified atom stereocenters. The number of pyridine rings is 1. The Morgan fingerprint density at radius 2 is 2.07 bits per heavy atom. The van der Waals surface area contributed by atoms with Gasteiger partial charge in [0, 0.05) is 55.2 Å². The number of anilines is 1. The summed E-state index contributed by atoms with van der Waals surface area (Å²) in [6.45, 7) is 1.53. The average molecular weight is 364 g/mol. The van der Waals surface area contributed by atoms with Gasteiger partial charge in [-0.1, -0.05) is 0 Å². The van der Waals surface area contributed by atoms with E-state index in [4.69, 9.17) is 9.47 Å². The van der Waals surface area contributed by atoms with E-state index >= 15 is 0 Å². The van der Waals surface area contributed by atoms with E-state index in [9.17, 15) is 0 Å². The maximum atomic E-state index is 5.59. The summed E-state index contributed by atoms with van der Waals surface area (Å²) in [5, 5.41) is 8.03. The lowest BCUT2D eigenvalue weighted by Crippen LogP contribution is -2.29. The van der Waals surface area contributed by atoms with Crippen LogP contribution >= 0.6 is 0 Å². The molecule has 0 aliphatic carbocycles. The molecule has 1 aliphatic rings. The first-order chi connectivity index (χ1) is 13.3. The van der Waals surface area contributed by atoms with Crippen LogP contribution in [0.25, 0.3) is 22.3 Å². The Balaban J connectivity index is 1.56. The lowest BCUT2D eigenvalue weighted by Gasteiger charge is -2.23. The van der Waals surface area contributed by atoms with Gasteiger partial charge in [-0.15, -0.1) is 5.10 Å². The molecular weight excluding hydrogens is 344 g/mol. The molecule has 0 amide bonds. The van der Waals surface area contributed by atoms with Crippen molar-refractivity contribution in [1.82, 2.24) is 24.0 Å². The van der Waals surface area contributed by atoms with Crippen molar-refractivity contribution in [3.8, 4) is 17.0 Å². The molecule has 1 N–H and O–H groups in total. The number of nitrogens with one attached hydrogen (secondary N) is 1. The predicted molar refractivity (Wildman–Crippen MR) is 101 cm³/mol. The van der Waals surface area contributed by atoms with Gasteiger partial charge in [0.05, 0.1) is 7.11 Å². The number of nitrogens with zero attached hydrogens (tertiary/aromatic N) is 5. The first-order valence-electron chi connectivity index (χ1n) is 9.02. The van der Waals surface area contributed by atoms with Crippen molar-refractivity contribution < 1.29 is 9.47 Å². The van der Waals surface area contributed by atoms with Crippen molar-refractivity contribution in [2.45, 2.75) is 18.9 Å². The van der Waals surface area contributed by atoms with E-state index in [0.29, 0.717) is 17.9 Å². The Morgan fingerprint density at radius 1 is 1.19 bits per heavy atom. The van der Waals surface area contributed by atoms with Gasteiger partial charge in [0.15, 0.2) is 0 Å². The van der Waals surface area contributed by atoms with Crippen LogP contribution in [0.4, 0.5) is 5.95 Å². The third-order valence-electron chi connectivity index (χ3n) is 4.93. The Morgan fingerprint density at radius 3 is 2.93 bits per heavy atom. The summed E-state index contributed by atoms with van der Waals surface area (Å²) in [5.74, 6) is 1.11. The summed E-state index contributed by atoms with van der Waals surface area (Å²) >= 11 is 0. The zero-order chi connectivity index (χ0) is 18.2. The molecule has 1 saturated heterocycles. The summed E-state index contributed by atoms with van der Waals surface area (Å²) in [5.41, 5.74) is 3.82. The highest BCUT2D eigenvalue weighted by Gasteiger charge is 2.18. The summed E-state index contributed by atoms with van der Waals surface area (Å²) in [7, 11) is 1.64. The second-order valence-electron chi connectivity index (χ2n) is 6.61. The van der Waals surface area contributed by atoms with Gasteiger partial charge >= 0.3 is 0 Å². The smallest absolute Gasteiger partial charge is 0.244 e. The van der Waals surface area contributed by atoms with Crippen molar-refractivity contribution >= 4 is 17.1 Å². The summed E-state index contributed by atoms with van der Waals surface area (Å²) in [4.78, 5) is 8.89. The van der Waals surface area contributed by atoms with Crippen LogP contribution in [0.1, 0.15) is 12.8 Å². The van der Waals surface area contributed by atoms with Crippen molar-refractivity contribution in [1.29, 1.82) is 0 Å². The van der Waals surface area contributed by atoms with E-state index in [1.165, 1.54) is 0 Å². The van der Waals surface area contributed by atoms with Crippen LogP contribution in [0, 0.1) is 0 Å². The molecule has 1 aliphatic heterocycles. The predicted octanol–water partition coefficient (Wildman–Crippen LogP) is 2.64. The number of rotatable bonds is 4. The van der Waals surface area contributed by atoms with Crippen molar-refractivity contribution in [2.75, 3.05) is 25.6 Å². The molecule has 0 bridgehead atoms. The number of hydrogen-bond acceptors (Lipinski definition) is 6. The van der Waals surface area contributed by atoms with Gasteiger partial charge in [0.25, 0.3) is 0 Å². The minimum absolute atomic E-state index is 0.319. The van der Waals surface area contributed by atoms with Gasteiger partial charge in [-0.05, 0) is 31.0 Å². The maximum Gasteiger partial charge on any atom is 0.244 e. The molecule has 0 aromatic carbocycles. The van der Waals surface area contributed by atoms with Crippen molar-refractivity contribution in [3.05, 3.63) is 43.0 Å². The highest BCUT2D eigenvalue weighted by atomic mass is 16.5. The van der Waals surface area contributed by atoms with Crippen LogP contribution in [0.2, 0.25) is 0 Å². The van der Waals surface area contributed by atoms with E-state index in [1.807, 2.05) is 45.7 Å². The molecule has 0 radical (unpaired) electrons. The van der Waals surface area contributed by atoms with Crippen LogP contribution in [0.5, 0.6) is 5.88 Å². The molecule has 138 valence electrons. The van der Waals surface area contributed by atoms with Crippen molar-refractivity contribution in [2.24, 2.45) is 0 Å². The Bertz CT molecular complexity index is 1100. The van der Waals surface area contributed by atoms with Crippen molar-refractivity contribution in [3.63, 3.8) is 0 Å². The van der Waals surface area contributed by atoms with Crippen LogP contribution in [-0.4, -0.2) is 50.3 Å². The highest BCUT2D eigenvalue weighted by molar-refractivity contribution is 5.84. The van der Waals surface area contributed by atoms with E-state index in [2.05, 4.69) is 20.4 Å². The molecule has 8 heteroatoms. The van der Waals surface area contributed by atoms with Crippen LogP contribution in [0.3, 0.4) is 0 Å². The van der Waals surface area contributed by atoms with Gasteiger partial charge in [-0.2, -0.15) is 4.98 Å². The van der Waals surface area contributed by atoms with E-state index in [1.54, 1.807) is 13.3 Å². The van der Waals surface area contributed by atoms with Gasteiger partial charge in [-0.25, -0.2) is 9.50 Å². The van der Waals surface area contributed by atoms with Crippen LogP contribution in [0.15, 0.2) is 43.0 Å². The second-order valence-corrected chi connectivity index (χ2v) is 6.61. The highest BCUT2D eigenvalue weighted by Crippen LogP contribution is 2.31. The van der Waals surface area contributed by atoms with Crippen LogP contribution < -0.4 is 10.1 Å². The van der Waals surface area contributed by atoms with E-state index < -0.39 is 0 Å². The number of methoxy groups -OCH3 is 1. The fraction of sp³-hybridized carbons (Fsp3) is 0.316. The monoisotopic (exact) mass is 364 g/mol. The first kappa shape index (κ1) is 16.1. The number of aromatic nitrogens is 5. The van der Waals surface area contributed by atoms with Gasteiger partial charge < -0.3 is 19.2 Å². The molecule has 1 fully saturated rings. The topological polar surface area (TPSA) is 78.0 Å². The third-order valence-corrected chi connectivity index (χ3v) is 4.93. The zero-order valence-electron chi connectivity index (χ0n) is 15.0. The summed E-state index contributed by atoms with van der Waals surface area (Å²) in [6.07, 6.45) is 9.60. The molecule has 5 heterocycles. The molecule has 8 nitrogen and oxygen atoms in total. The van der Waals surface area contributed by atoms with E-state index in [0.717, 1.165) is 48.3 Å². The van der Waals surface area contributed by atoms with E-state index in [-0.39, 0.29) is 0 Å². The molecular formula is C19H20N6O2. The lowest BCUT2D eigenvalue weighted by atomic mass is 10.1. The Labute approximate surface area is 155 Å². The molecule has 0 saturated carbocycles. The minimum atomic E-state index is 0.319. The molecule has 0 atom stereocenters. The molecule has 5 rings (SSSR count). The van der Waals surface area contributed by atoms with Gasteiger partial charge in [0.2, 0.25) is 11.8 Å². The number of fused-ring (bicyclic) bond motifs is 2. The zero-order valence-corrected chi connectivity index (χ0v) is 15.0. The lowest BCUT2D eigenvalue weighted by molar-refractivity contribution is 0.0902. The Hall–Kier alpha value is -3.13. The van der Waals surface area contributed by atoms with Gasteiger partial charge in [0.1, 0.15) is 11.2 Å². The molecule has 27 heavy (non-hydrogen) atoms. The first-order valence-corrected chi connectivity index (χ1v) is 9.02. The summed E-state index contributed by atoms with van der Waals surface area (Å²) in [6, 6.07) is 6.39. The third kappa shape index (κ3) is 2.87. The fourth-order valence-corrected chi connectivity index (χ4v) is 3.53. The maximum absolute atomic E-state index is 5.59. The number of imidazole rings is 1. The molecule has 4 aromatic heterocycles.